The van der Waals surface area contributed by atoms with Gasteiger partial charge in [0.2, 0.25) is 0 Å². The van der Waals surface area contributed by atoms with Crippen molar-refractivity contribution in [2.24, 2.45) is 0 Å². The normalized spacial score (nSPS) is 17.0. The van der Waals surface area contributed by atoms with Gasteiger partial charge < -0.3 is 9.55 Å². The number of fused-ring (bicyclic) bond motifs is 1. The quantitative estimate of drug-likeness (QED) is 0.480. The molecule has 0 saturated carbocycles. The molecule has 2 aromatic carbocycles. The Bertz CT molecular complexity index is 1110. The van der Waals surface area contributed by atoms with Crippen molar-refractivity contribution < 1.29 is 4.74 Å². The Hall–Kier alpha value is -3.12. The average molecular weight is 380 g/mol. The van der Waals surface area contributed by atoms with Gasteiger partial charge in [0, 0.05) is 29.4 Å². The van der Waals surface area contributed by atoms with Crippen molar-refractivity contribution in [1.29, 1.82) is 0 Å². The zero-order valence-corrected chi connectivity index (χ0v) is 16.1. The Morgan fingerprint density at radius 3 is 2.55 bits per heavy atom. The number of rotatable bonds is 5. The largest absolute Gasteiger partial charge is 0.457 e. The zero-order chi connectivity index (χ0) is 19.6. The first-order valence-electron chi connectivity index (χ1n) is 9.93. The van der Waals surface area contributed by atoms with Crippen molar-refractivity contribution in [1.82, 2.24) is 19.6 Å². The minimum atomic E-state index is 0.320. The van der Waals surface area contributed by atoms with Crippen LogP contribution in [-0.4, -0.2) is 40.1 Å². The van der Waals surface area contributed by atoms with Gasteiger partial charge in [0.1, 0.15) is 17.2 Å². The van der Waals surface area contributed by atoms with E-state index >= 15 is 0 Å². The highest BCUT2D eigenvalue weighted by Gasteiger charge is 2.22. The van der Waals surface area contributed by atoms with E-state index in [4.69, 9.17) is 17.8 Å². The van der Waals surface area contributed by atoms with Gasteiger partial charge in [-0.2, -0.15) is 5.10 Å². The van der Waals surface area contributed by atoms with Gasteiger partial charge >= 0.3 is 0 Å². The lowest BCUT2D eigenvalue weighted by Gasteiger charge is -2.20. The summed E-state index contributed by atoms with van der Waals surface area (Å²) in [4.78, 5) is 6.25. The maximum Gasteiger partial charge on any atom is 0.182 e. The molecule has 1 atom stereocenters. The molecule has 0 bridgehead atoms. The Morgan fingerprint density at radius 1 is 1.00 bits per heavy atom. The molecule has 2 aromatic heterocycles. The second-order valence-electron chi connectivity index (χ2n) is 7.40. The lowest BCUT2D eigenvalue weighted by atomic mass is 10.1. The van der Waals surface area contributed by atoms with Crippen LogP contribution in [0.5, 0.6) is 11.5 Å². The van der Waals surface area contributed by atoms with Crippen LogP contribution < -0.4 is 4.74 Å². The highest BCUT2D eigenvalue weighted by Crippen LogP contribution is 2.30. The van der Waals surface area contributed by atoms with E-state index in [1.165, 1.54) is 0 Å². The van der Waals surface area contributed by atoms with Gasteiger partial charge in [-0.1, -0.05) is 18.2 Å². The van der Waals surface area contributed by atoms with Crippen LogP contribution in [-0.2, 0) is 6.54 Å². The monoisotopic (exact) mass is 380 g/mol. The summed E-state index contributed by atoms with van der Waals surface area (Å²) in [6.07, 6.45) is 5.94. The molecule has 2 radical (unpaired) electrons. The molecule has 142 valence electrons. The predicted molar refractivity (Wildman–Crippen MR) is 115 cm³/mol. The van der Waals surface area contributed by atoms with Crippen molar-refractivity contribution in [2.45, 2.75) is 25.4 Å². The fourth-order valence-corrected chi connectivity index (χ4v) is 3.93. The topological polar surface area (TPSA) is 43.2 Å². The van der Waals surface area contributed by atoms with Crippen LogP contribution in [0.2, 0.25) is 0 Å². The number of benzene rings is 2. The molecule has 0 aliphatic carbocycles. The lowest BCUT2D eigenvalue weighted by Crippen LogP contribution is -2.30. The molecule has 4 aromatic rings. The van der Waals surface area contributed by atoms with Crippen LogP contribution in [0.1, 0.15) is 12.8 Å². The predicted octanol–water partition coefficient (Wildman–Crippen LogP) is 4.44. The van der Waals surface area contributed by atoms with E-state index in [1.54, 1.807) is 0 Å². The van der Waals surface area contributed by atoms with Gasteiger partial charge in [-0.05, 0) is 61.9 Å². The number of pyridine rings is 1. The van der Waals surface area contributed by atoms with Crippen LogP contribution >= 0.6 is 0 Å². The zero-order valence-electron chi connectivity index (χ0n) is 16.1. The SMILES string of the molecule is [B]N1CCC[C@H]1Cn1nc(-c2ccc(Oc3ccccc3)cc2)c2cnccc21. The Morgan fingerprint density at radius 2 is 1.79 bits per heavy atom. The van der Waals surface area contributed by atoms with E-state index in [0.717, 1.165) is 59.6 Å². The van der Waals surface area contributed by atoms with Crippen LogP contribution in [0.25, 0.3) is 22.2 Å². The molecular weight excluding hydrogens is 359 g/mol. The number of para-hydroxylation sites is 1. The summed E-state index contributed by atoms with van der Waals surface area (Å²) >= 11 is 0. The van der Waals surface area contributed by atoms with E-state index in [-0.39, 0.29) is 0 Å². The fourth-order valence-electron chi connectivity index (χ4n) is 3.93. The molecule has 3 heterocycles. The number of aromatic nitrogens is 3. The molecule has 6 heteroatoms. The number of ether oxygens (including phenoxy) is 1. The summed E-state index contributed by atoms with van der Waals surface area (Å²) in [5.41, 5.74) is 3.05. The highest BCUT2D eigenvalue weighted by molar-refractivity contribution is 6.04. The number of hydrogen-bond acceptors (Lipinski definition) is 4. The summed E-state index contributed by atoms with van der Waals surface area (Å²) < 4.78 is 7.97. The average Bonchev–Trinajstić information content (AvgIpc) is 3.34. The van der Waals surface area contributed by atoms with Gasteiger partial charge in [0.15, 0.2) is 7.98 Å². The lowest BCUT2D eigenvalue weighted by molar-refractivity contribution is 0.364. The molecule has 0 unspecified atom stereocenters. The third-order valence-corrected chi connectivity index (χ3v) is 5.46. The van der Waals surface area contributed by atoms with E-state index in [1.807, 2.05) is 77.9 Å². The van der Waals surface area contributed by atoms with Crippen molar-refractivity contribution in [2.75, 3.05) is 6.54 Å². The third kappa shape index (κ3) is 3.63. The maximum atomic E-state index is 6.13. The van der Waals surface area contributed by atoms with E-state index in [2.05, 4.69) is 9.67 Å². The van der Waals surface area contributed by atoms with Gasteiger partial charge in [-0.25, -0.2) is 0 Å². The molecule has 29 heavy (non-hydrogen) atoms. The van der Waals surface area contributed by atoms with Gasteiger partial charge in [-0.15, -0.1) is 0 Å². The summed E-state index contributed by atoms with van der Waals surface area (Å²) in [5.74, 6) is 1.62. The summed E-state index contributed by atoms with van der Waals surface area (Å²) in [6, 6.07) is 20.2. The molecule has 0 spiro atoms. The van der Waals surface area contributed by atoms with Gasteiger partial charge in [-0.3, -0.25) is 9.67 Å². The fraction of sp³-hybridized carbons (Fsp3) is 0.217. The molecule has 1 saturated heterocycles. The minimum absolute atomic E-state index is 0.320. The summed E-state index contributed by atoms with van der Waals surface area (Å²) in [5, 5.41) is 5.97. The Balaban J connectivity index is 1.45. The van der Waals surface area contributed by atoms with Crippen molar-refractivity contribution in [3.05, 3.63) is 73.1 Å². The van der Waals surface area contributed by atoms with Gasteiger partial charge in [0.05, 0.1) is 12.1 Å². The second kappa shape index (κ2) is 7.72. The smallest absolute Gasteiger partial charge is 0.182 e. The minimum Gasteiger partial charge on any atom is -0.457 e. The van der Waals surface area contributed by atoms with Crippen LogP contribution in [0.15, 0.2) is 73.1 Å². The molecule has 0 N–H and O–H groups in total. The van der Waals surface area contributed by atoms with Crippen LogP contribution in [0.3, 0.4) is 0 Å². The molecule has 0 amide bonds. The first-order valence-corrected chi connectivity index (χ1v) is 9.93. The van der Waals surface area contributed by atoms with Gasteiger partial charge in [0.25, 0.3) is 0 Å². The molecule has 1 fully saturated rings. The highest BCUT2D eigenvalue weighted by atomic mass is 16.5. The second-order valence-corrected chi connectivity index (χ2v) is 7.40. The van der Waals surface area contributed by atoms with Crippen LogP contribution in [0, 0.1) is 0 Å². The van der Waals surface area contributed by atoms with E-state index in [9.17, 15) is 0 Å². The first kappa shape index (κ1) is 17.9. The van der Waals surface area contributed by atoms with Crippen molar-refractivity contribution in [3.8, 4) is 22.8 Å². The Labute approximate surface area is 171 Å². The van der Waals surface area contributed by atoms with Crippen LogP contribution in [0.4, 0.5) is 0 Å². The number of nitrogens with zero attached hydrogens (tertiary/aromatic N) is 4. The van der Waals surface area contributed by atoms with Crippen molar-refractivity contribution >= 4 is 18.9 Å². The first-order chi connectivity index (χ1) is 14.3. The number of hydrogen-bond donors (Lipinski definition) is 0. The standard InChI is InChI=1S/C23H21BN4O/c24-27-14-4-5-18(27)16-28-22-12-13-25-15-21(22)23(26-28)17-8-10-20(11-9-17)29-19-6-2-1-3-7-19/h1-3,6-13,15,18H,4-5,14,16H2/t18-/m0/s1. The van der Waals surface area contributed by atoms with Crippen molar-refractivity contribution in [3.63, 3.8) is 0 Å². The van der Waals surface area contributed by atoms with E-state index in [0.29, 0.717) is 6.04 Å². The summed E-state index contributed by atoms with van der Waals surface area (Å²) in [7, 11) is 6.13. The molecular formula is C23H21BN4O. The molecule has 5 rings (SSSR count). The third-order valence-electron chi connectivity index (χ3n) is 5.46. The maximum absolute atomic E-state index is 6.13. The summed E-state index contributed by atoms with van der Waals surface area (Å²) in [6.45, 7) is 1.73. The molecule has 1 aliphatic heterocycles. The Kier molecular flexibility index (Phi) is 4.78. The molecule has 1 aliphatic rings. The molecule has 5 nitrogen and oxygen atoms in total. The van der Waals surface area contributed by atoms with E-state index < -0.39 is 0 Å².